The monoisotopic (exact) mass is 891 g/mol. The SMILES string of the molecule is CC(C)(C)c1ccc(N2C=CN(c3[c-]c(Oc4[c-]c5c(cc4)c4cccc6c7cccc8c9ccccc9n(c9cccnc9n5c46)c87)ccc3)[CH-]2)cc1.[Pt]. The molecule has 0 unspecified atom stereocenters. The molecule has 5 heterocycles. The van der Waals surface area contributed by atoms with Crippen LogP contribution in [-0.2, 0) is 26.5 Å². The largest absolute Gasteiger partial charge is 0.509 e. The summed E-state index contributed by atoms with van der Waals surface area (Å²) < 4.78 is 11.2. The van der Waals surface area contributed by atoms with Crippen molar-refractivity contribution < 1.29 is 25.8 Å². The predicted octanol–water partition coefficient (Wildman–Crippen LogP) is 12.0. The van der Waals surface area contributed by atoms with Crippen molar-refractivity contribution in [2.45, 2.75) is 26.2 Å². The molecule has 0 bridgehead atoms. The summed E-state index contributed by atoms with van der Waals surface area (Å²) in [4.78, 5) is 9.25. The first-order valence-corrected chi connectivity index (χ1v) is 18.3. The van der Waals surface area contributed by atoms with Gasteiger partial charge in [0, 0.05) is 71.5 Å². The van der Waals surface area contributed by atoms with E-state index in [1.165, 1.54) is 27.2 Å². The standard InChI is InChI=1S/C48H34N5O.Pt/c1-48(2,3)31-19-21-32(22-20-31)50-26-27-51(30-50)33-10-6-11-34(28-33)54-35-23-24-37-39-14-8-16-41-40-15-7-13-38-36-12-4-5-17-42(36)52(45(38)40)43-18-9-25-49-47(43)53(46(39)41)44(37)29-35;/h4-27,30H,1-3H3;/q-3;. The second-order valence-electron chi connectivity index (χ2n) is 15.0. The molecule has 0 saturated carbocycles. The van der Waals surface area contributed by atoms with E-state index in [-0.39, 0.29) is 26.5 Å². The Labute approximate surface area is 332 Å². The van der Waals surface area contributed by atoms with Crippen LogP contribution >= 0.6 is 0 Å². The second kappa shape index (κ2) is 12.5. The molecule has 55 heavy (non-hydrogen) atoms. The van der Waals surface area contributed by atoms with E-state index in [2.05, 4.69) is 161 Å². The van der Waals surface area contributed by atoms with Gasteiger partial charge in [-0.2, -0.15) is 12.1 Å². The van der Waals surface area contributed by atoms with E-state index >= 15 is 0 Å². The molecule has 7 heteroatoms. The third-order valence-electron chi connectivity index (χ3n) is 10.8. The molecule has 1 aliphatic rings. The van der Waals surface area contributed by atoms with Gasteiger partial charge < -0.3 is 23.3 Å². The third kappa shape index (κ3) is 5.16. The van der Waals surface area contributed by atoms with Crippen LogP contribution in [-0.4, -0.2) is 13.8 Å². The number of anilines is 2. The van der Waals surface area contributed by atoms with E-state index < -0.39 is 0 Å². The van der Waals surface area contributed by atoms with Crippen LogP contribution in [0.15, 0.2) is 146 Å². The van der Waals surface area contributed by atoms with E-state index in [1.54, 1.807) is 0 Å². The van der Waals surface area contributed by atoms with Gasteiger partial charge in [-0.1, -0.05) is 93.0 Å². The van der Waals surface area contributed by atoms with Gasteiger partial charge in [0.1, 0.15) is 0 Å². The number of hydrogen-bond donors (Lipinski definition) is 0. The fourth-order valence-corrected chi connectivity index (χ4v) is 8.23. The molecule has 1 aliphatic heterocycles. The maximum Gasteiger partial charge on any atom is 0.160 e. The van der Waals surface area contributed by atoms with Crippen molar-refractivity contribution in [2.75, 3.05) is 9.80 Å². The zero-order valence-electron chi connectivity index (χ0n) is 30.4. The van der Waals surface area contributed by atoms with E-state index in [4.69, 9.17) is 9.72 Å². The van der Waals surface area contributed by atoms with Crippen LogP contribution in [0.4, 0.5) is 11.4 Å². The molecule has 0 atom stereocenters. The molecule has 0 spiro atoms. The number of fused-ring (bicyclic) bond motifs is 10. The molecule has 0 amide bonds. The van der Waals surface area contributed by atoms with Crippen LogP contribution in [0.25, 0.3) is 65.5 Å². The summed E-state index contributed by atoms with van der Waals surface area (Å²) >= 11 is 0. The molecule has 4 aromatic heterocycles. The van der Waals surface area contributed by atoms with Crippen LogP contribution in [0, 0.1) is 18.8 Å². The summed E-state index contributed by atoms with van der Waals surface area (Å²) in [5.74, 6) is 1.21. The van der Waals surface area contributed by atoms with Gasteiger partial charge in [0.05, 0.1) is 16.6 Å². The molecule has 0 aliphatic carbocycles. The second-order valence-corrected chi connectivity index (χ2v) is 15.0. The molecule has 270 valence electrons. The number of aromatic nitrogens is 3. The molecule has 0 fully saturated rings. The fourth-order valence-electron chi connectivity index (χ4n) is 8.23. The molecular formula is C48H34N5OPt-3. The van der Waals surface area contributed by atoms with Gasteiger partial charge in [0.25, 0.3) is 0 Å². The van der Waals surface area contributed by atoms with E-state index in [0.717, 1.165) is 55.2 Å². The number of hydrogen-bond acceptors (Lipinski definition) is 4. The Morgan fingerprint density at radius 1 is 0.564 bits per heavy atom. The zero-order valence-corrected chi connectivity index (χ0v) is 32.7. The van der Waals surface area contributed by atoms with Crippen molar-refractivity contribution in [3.63, 3.8) is 0 Å². The van der Waals surface area contributed by atoms with Crippen molar-refractivity contribution in [3.8, 4) is 11.5 Å². The number of nitrogens with zero attached hydrogens (tertiary/aromatic N) is 5. The van der Waals surface area contributed by atoms with E-state index in [0.29, 0.717) is 11.5 Å². The Hall–Kier alpha value is -6.10. The minimum atomic E-state index is 0. The first kappa shape index (κ1) is 33.5. The zero-order chi connectivity index (χ0) is 36.1. The summed E-state index contributed by atoms with van der Waals surface area (Å²) in [6.45, 7) is 8.76. The topological polar surface area (TPSA) is 37.4 Å². The minimum absolute atomic E-state index is 0. The van der Waals surface area contributed by atoms with Gasteiger partial charge in [-0.05, 0) is 59.1 Å². The van der Waals surface area contributed by atoms with Crippen molar-refractivity contribution in [1.82, 2.24) is 13.8 Å². The van der Waals surface area contributed by atoms with E-state index in [1.807, 2.05) is 42.7 Å². The Morgan fingerprint density at radius 2 is 1.20 bits per heavy atom. The molecule has 0 N–H and O–H groups in total. The third-order valence-corrected chi connectivity index (χ3v) is 10.8. The van der Waals surface area contributed by atoms with Crippen molar-refractivity contribution in [3.05, 3.63) is 170 Å². The summed E-state index contributed by atoms with van der Waals surface area (Å²) in [6.07, 6.45) is 5.97. The molecule has 10 aromatic rings. The van der Waals surface area contributed by atoms with Crippen LogP contribution in [0.3, 0.4) is 0 Å². The van der Waals surface area contributed by atoms with E-state index in [9.17, 15) is 0 Å². The van der Waals surface area contributed by atoms with Crippen molar-refractivity contribution in [1.29, 1.82) is 0 Å². The van der Waals surface area contributed by atoms with Gasteiger partial charge in [-0.25, -0.2) is 4.98 Å². The first-order valence-electron chi connectivity index (χ1n) is 18.3. The normalized spacial score (nSPS) is 13.4. The Morgan fingerprint density at radius 3 is 1.98 bits per heavy atom. The average Bonchev–Trinajstić information content (AvgIpc) is 3.90. The van der Waals surface area contributed by atoms with Gasteiger partial charge >= 0.3 is 0 Å². The molecule has 6 aromatic carbocycles. The molecule has 11 rings (SSSR count). The van der Waals surface area contributed by atoms with Gasteiger partial charge in [0.2, 0.25) is 0 Å². The number of ether oxygens (including phenoxy) is 1. The first-order chi connectivity index (χ1) is 26.4. The number of para-hydroxylation sites is 3. The van der Waals surface area contributed by atoms with Gasteiger partial charge in [-0.3, -0.25) is 0 Å². The smallest absolute Gasteiger partial charge is 0.160 e. The fraction of sp³-hybridized carbons (Fsp3) is 0.0833. The van der Waals surface area contributed by atoms with Gasteiger partial charge in [0.15, 0.2) is 5.65 Å². The van der Waals surface area contributed by atoms with Crippen LogP contribution < -0.4 is 14.5 Å². The summed E-state index contributed by atoms with van der Waals surface area (Å²) in [7, 11) is 0. The Bertz CT molecular complexity index is 3170. The Balaban J connectivity index is 0.00000372. The molecular weight excluding hydrogens is 858 g/mol. The maximum absolute atomic E-state index is 6.55. The van der Waals surface area contributed by atoms with Crippen LogP contribution in [0.1, 0.15) is 26.3 Å². The van der Waals surface area contributed by atoms with Gasteiger partial charge in [-0.15, -0.1) is 48.1 Å². The van der Waals surface area contributed by atoms with Crippen LogP contribution in [0.2, 0.25) is 0 Å². The minimum Gasteiger partial charge on any atom is -0.509 e. The molecule has 0 saturated heterocycles. The summed E-state index contributed by atoms with van der Waals surface area (Å²) in [6, 6.07) is 52.1. The predicted molar refractivity (Wildman–Crippen MR) is 221 cm³/mol. The Kier molecular flexibility index (Phi) is 7.59. The quantitative estimate of drug-likeness (QED) is 0.165. The number of benzene rings is 6. The summed E-state index contributed by atoms with van der Waals surface area (Å²) in [5.41, 5.74) is 9.60. The average molecular weight is 892 g/mol. The van der Waals surface area contributed by atoms with Crippen molar-refractivity contribution >= 4 is 76.9 Å². The maximum atomic E-state index is 6.55. The van der Waals surface area contributed by atoms with Crippen molar-refractivity contribution in [2.24, 2.45) is 0 Å². The number of pyridine rings is 1. The molecule has 0 radical (unpaired) electrons. The summed E-state index contributed by atoms with van der Waals surface area (Å²) in [5, 5.41) is 7.02. The van der Waals surface area contributed by atoms with Crippen LogP contribution in [0.5, 0.6) is 11.5 Å². The number of rotatable bonds is 4. The molecule has 6 nitrogen and oxygen atoms in total.